The Bertz CT molecular complexity index is 1260. The number of piperazine rings is 1. The van der Waals surface area contributed by atoms with Gasteiger partial charge in [-0.3, -0.25) is 9.52 Å². The molecule has 0 unspecified atom stereocenters. The Morgan fingerprint density at radius 1 is 1.03 bits per heavy atom. The maximum absolute atomic E-state index is 13.2. The van der Waals surface area contributed by atoms with Gasteiger partial charge in [-0.15, -0.1) is 0 Å². The summed E-state index contributed by atoms with van der Waals surface area (Å²) in [4.78, 5) is 17.1. The summed E-state index contributed by atoms with van der Waals surface area (Å²) in [6.07, 6.45) is 0. The van der Waals surface area contributed by atoms with Crippen LogP contribution in [0.1, 0.15) is 15.9 Å². The van der Waals surface area contributed by atoms with Crippen molar-refractivity contribution < 1.29 is 17.9 Å². The van der Waals surface area contributed by atoms with E-state index in [4.69, 9.17) is 4.74 Å². The van der Waals surface area contributed by atoms with Gasteiger partial charge in [0.1, 0.15) is 5.75 Å². The van der Waals surface area contributed by atoms with E-state index < -0.39 is 10.0 Å². The van der Waals surface area contributed by atoms with E-state index in [1.165, 1.54) is 19.2 Å². The van der Waals surface area contributed by atoms with Gasteiger partial charge in [0, 0.05) is 45.3 Å². The standard InChI is InChI=1S/C26H30N4O4S/c1-29(19-20-6-4-3-5-7-20)26(31)21-8-13-25(30-16-14-27-15-17-30)24(18-21)28-35(32,33)23-11-9-22(34-2)10-12-23/h3-13,18,27-28H,14-17,19H2,1-2H3. The molecular weight excluding hydrogens is 464 g/mol. The highest BCUT2D eigenvalue weighted by Crippen LogP contribution is 2.31. The highest BCUT2D eigenvalue weighted by Gasteiger charge is 2.22. The Labute approximate surface area is 206 Å². The second-order valence-electron chi connectivity index (χ2n) is 8.40. The van der Waals surface area contributed by atoms with Gasteiger partial charge in [0.15, 0.2) is 0 Å². The largest absolute Gasteiger partial charge is 0.497 e. The highest BCUT2D eigenvalue weighted by atomic mass is 32.2. The summed E-state index contributed by atoms with van der Waals surface area (Å²) in [5.41, 5.74) is 2.54. The minimum absolute atomic E-state index is 0.113. The van der Waals surface area contributed by atoms with Crippen LogP contribution in [0.25, 0.3) is 0 Å². The highest BCUT2D eigenvalue weighted by molar-refractivity contribution is 7.92. The maximum atomic E-state index is 13.2. The molecule has 35 heavy (non-hydrogen) atoms. The van der Waals surface area contributed by atoms with Crippen molar-refractivity contribution in [1.29, 1.82) is 0 Å². The number of benzene rings is 3. The number of amides is 1. The van der Waals surface area contributed by atoms with Crippen molar-refractivity contribution in [2.24, 2.45) is 0 Å². The summed E-state index contributed by atoms with van der Waals surface area (Å²) in [7, 11) is -0.620. The lowest BCUT2D eigenvalue weighted by atomic mass is 10.1. The van der Waals surface area contributed by atoms with Gasteiger partial charge in [0.25, 0.3) is 15.9 Å². The van der Waals surface area contributed by atoms with E-state index in [1.54, 1.807) is 36.2 Å². The molecule has 1 fully saturated rings. The van der Waals surface area contributed by atoms with E-state index in [1.807, 2.05) is 36.4 Å². The van der Waals surface area contributed by atoms with E-state index in [2.05, 4.69) is 14.9 Å². The summed E-state index contributed by atoms with van der Waals surface area (Å²) in [5, 5.41) is 3.30. The zero-order chi connectivity index (χ0) is 24.8. The van der Waals surface area contributed by atoms with E-state index in [-0.39, 0.29) is 10.8 Å². The van der Waals surface area contributed by atoms with Crippen molar-refractivity contribution in [2.45, 2.75) is 11.4 Å². The molecule has 8 nitrogen and oxygen atoms in total. The lowest BCUT2D eigenvalue weighted by Gasteiger charge is -2.31. The van der Waals surface area contributed by atoms with E-state index in [9.17, 15) is 13.2 Å². The normalized spacial score (nSPS) is 13.8. The summed E-state index contributed by atoms with van der Waals surface area (Å²) < 4.78 is 34.3. The number of methoxy groups -OCH3 is 1. The molecule has 4 rings (SSSR count). The number of carbonyl (C=O) groups is 1. The fourth-order valence-corrected chi connectivity index (χ4v) is 5.11. The Kier molecular flexibility index (Phi) is 7.57. The zero-order valence-corrected chi connectivity index (χ0v) is 20.7. The lowest BCUT2D eigenvalue weighted by molar-refractivity contribution is 0.0785. The molecule has 1 amide bonds. The third-order valence-corrected chi connectivity index (χ3v) is 7.31. The van der Waals surface area contributed by atoms with Crippen molar-refractivity contribution in [3.05, 3.63) is 83.9 Å². The Morgan fingerprint density at radius 3 is 2.37 bits per heavy atom. The van der Waals surface area contributed by atoms with E-state index >= 15 is 0 Å². The molecule has 3 aromatic carbocycles. The first kappa shape index (κ1) is 24.6. The SMILES string of the molecule is COc1ccc(S(=O)(=O)Nc2cc(C(=O)N(C)Cc3ccccc3)ccc2N2CCNCC2)cc1. The second-order valence-corrected chi connectivity index (χ2v) is 10.1. The van der Waals surface area contributed by atoms with Gasteiger partial charge < -0.3 is 19.9 Å². The molecule has 1 heterocycles. The van der Waals surface area contributed by atoms with Crippen LogP contribution in [-0.4, -0.2) is 59.6 Å². The number of sulfonamides is 1. The number of nitrogens with zero attached hydrogens (tertiary/aromatic N) is 2. The van der Waals surface area contributed by atoms with Crippen LogP contribution in [-0.2, 0) is 16.6 Å². The van der Waals surface area contributed by atoms with Crippen LogP contribution in [0.2, 0.25) is 0 Å². The quantitative estimate of drug-likeness (QED) is 0.500. The molecule has 1 saturated heterocycles. The molecule has 1 aliphatic heterocycles. The molecular formula is C26H30N4O4S. The van der Waals surface area contributed by atoms with Gasteiger partial charge in [0.2, 0.25) is 0 Å². The van der Waals surface area contributed by atoms with Crippen LogP contribution in [0.15, 0.2) is 77.7 Å². The molecule has 0 aliphatic carbocycles. The van der Waals surface area contributed by atoms with Gasteiger partial charge in [-0.1, -0.05) is 30.3 Å². The van der Waals surface area contributed by atoms with Gasteiger partial charge in [-0.25, -0.2) is 8.42 Å². The number of anilines is 2. The first-order chi connectivity index (χ1) is 16.9. The number of hydrogen-bond donors (Lipinski definition) is 2. The third-order valence-electron chi connectivity index (χ3n) is 5.92. The molecule has 2 N–H and O–H groups in total. The second kappa shape index (κ2) is 10.8. The summed E-state index contributed by atoms with van der Waals surface area (Å²) >= 11 is 0. The number of ether oxygens (including phenoxy) is 1. The molecule has 0 aromatic heterocycles. The topological polar surface area (TPSA) is 91.0 Å². The average molecular weight is 495 g/mol. The number of carbonyl (C=O) groups excluding carboxylic acids is 1. The van der Waals surface area contributed by atoms with Crippen molar-refractivity contribution in [2.75, 3.05) is 50.0 Å². The number of rotatable bonds is 8. The molecule has 0 bridgehead atoms. The maximum Gasteiger partial charge on any atom is 0.261 e. The fraction of sp³-hybridized carbons (Fsp3) is 0.269. The zero-order valence-electron chi connectivity index (χ0n) is 19.9. The monoisotopic (exact) mass is 494 g/mol. The summed E-state index contributed by atoms with van der Waals surface area (Å²) in [5.74, 6) is 0.380. The van der Waals surface area contributed by atoms with Crippen molar-refractivity contribution in [1.82, 2.24) is 10.2 Å². The summed E-state index contributed by atoms with van der Waals surface area (Å²) in [6, 6.07) is 21.1. The van der Waals surface area contributed by atoms with Gasteiger partial charge in [-0.05, 0) is 48.0 Å². The first-order valence-corrected chi connectivity index (χ1v) is 12.9. The summed E-state index contributed by atoms with van der Waals surface area (Å²) in [6.45, 7) is 3.51. The first-order valence-electron chi connectivity index (χ1n) is 11.4. The van der Waals surface area contributed by atoms with Crippen molar-refractivity contribution in [3.63, 3.8) is 0 Å². The number of hydrogen-bond acceptors (Lipinski definition) is 6. The molecule has 0 atom stereocenters. The van der Waals surface area contributed by atoms with Crippen LogP contribution >= 0.6 is 0 Å². The Morgan fingerprint density at radius 2 is 1.71 bits per heavy atom. The van der Waals surface area contributed by atoms with Crippen LogP contribution in [0, 0.1) is 0 Å². The smallest absolute Gasteiger partial charge is 0.261 e. The number of nitrogens with one attached hydrogen (secondary N) is 2. The minimum Gasteiger partial charge on any atom is -0.497 e. The molecule has 3 aromatic rings. The minimum atomic E-state index is -3.88. The van der Waals surface area contributed by atoms with Gasteiger partial charge in [-0.2, -0.15) is 0 Å². The van der Waals surface area contributed by atoms with Gasteiger partial charge >= 0.3 is 0 Å². The fourth-order valence-electron chi connectivity index (χ4n) is 4.04. The molecule has 0 saturated carbocycles. The Balaban J connectivity index is 1.64. The predicted octanol–water partition coefficient (Wildman–Crippen LogP) is 3.18. The molecule has 9 heteroatoms. The Hall–Kier alpha value is -3.56. The third kappa shape index (κ3) is 5.93. The predicted molar refractivity (Wildman–Crippen MR) is 138 cm³/mol. The van der Waals surface area contributed by atoms with Crippen molar-refractivity contribution in [3.8, 4) is 5.75 Å². The van der Waals surface area contributed by atoms with E-state index in [0.29, 0.717) is 23.5 Å². The van der Waals surface area contributed by atoms with E-state index in [0.717, 1.165) is 37.4 Å². The van der Waals surface area contributed by atoms with Crippen LogP contribution in [0.4, 0.5) is 11.4 Å². The lowest BCUT2D eigenvalue weighted by Crippen LogP contribution is -2.43. The van der Waals surface area contributed by atoms with Gasteiger partial charge in [0.05, 0.1) is 23.4 Å². The van der Waals surface area contributed by atoms with Crippen LogP contribution in [0.3, 0.4) is 0 Å². The van der Waals surface area contributed by atoms with Crippen LogP contribution in [0.5, 0.6) is 5.75 Å². The van der Waals surface area contributed by atoms with Crippen molar-refractivity contribution >= 4 is 27.3 Å². The molecule has 1 aliphatic rings. The average Bonchev–Trinajstić information content (AvgIpc) is 2.89. The molecule has 184 valence electrons. The molecule has 0 radical (unpaired) electrons. The molecule has 0 spiro atoms. The van der Waals surface area contributed by atoms with Crippen LogP contribution < -0.4 is 19.7 Å².